The van der Waals surface area contributed by atoms with Gasteiger partial charge in [-0.15, -0.1) is 11.6 Å². The van der Waals surface area contributed by atoms with E-state index < -0.39 is 0 Å². The van der Waals surface area contributed by atoms with Crippen molar-refractivity contribution < 1.29 is 4.74 Å². The van der Waals surface area contributed by atoms with E-state index in [0.29, 0.717) is 17.4 Å². The number of pyridine rings is 1. The van der Waals surface area contributed by atoms with E-state index in [4.69, 9.17) is 27.9 Å². The molecule has 0 radical (unpaired) electrons. The monoisotopic (exact) mass is 559 g/mol. The Morgan fingerprint density at radius 2 is 1.71 bits per heavy atom. The lowest BCUT2D eigenvalue weighted by Gasteiger charge is -2.20. The largest absolute Gasteiger partial charge is 0.487 e. The van der Waals surface area contributed by atoms with Crippen LogP contribution >= 0.6 is 45.8 Å². The summed E-state index contributed by atoms with van der Waals surface area (Å²) in [7, 11) is 0. The summed E-state index contributed by atoms with van der Waals surface area (Å²) in [6, 6.07) is 19.0. The van der Waals surface area contributed by atoms with E-state index in [0.717, 1.165) is 26.5 Å². The Labute approximate surface area is 205 Å². The van der Waals surface area contributed by atoms with Gasteiger partial charge in [-0.25, -0.2) is 4.98 Å². The molecule has 0 bridgehead atoms. The molecule has 0 spiro atoms. The van der Waals surface area contributed by atoms with E-state index in [2.05, 4.69) is 70.0 Å². The molecule has 1 heterocycles. The molecule has 5 rings (SSSR count). The minimum atomic E-state index is -0.329. The van der Waals surface area contributed by atoms with Crippen LogP contribution in [-0.2, 0) is 13.0 Å². The first-order chi connectivity index (χ1) is 14.8. The highest BCUT2D eigenvalue weighted by Crippen LogP contribution is 2.46. The number of nitrogens with zero attached hydrogens (tertiary/aromatic N) is 1. The van der Waals surface area contributed by atoms with Crippen LogP contribution in [0.4, 0.5) is 0 Å². The quantitative estimate of drug-likeness (QED) is 0.0933. The Bertz CT molecular complexity index is 1410. The highest BCUT2D eigenvalue weighted by Gasteiger charge is 2.21. The van der Waals surface area contributed by atoms with Crippen molar-refractivity contribution in [1.82, 2.24) is 4.98 Å². The van der Waals surface area contributed by atoms with Crippen molar-refractivity contribution in [3.8, 4) is 5.75 Å². The number of aromatic nitrogens is 1. The molecule has 0 saturated carbocycles. The van der Waals surface area contributed by atoms with Gasteiger partial charge < -0.3 is 4.74 Å². The molecule has 2 nitrogen and oxygen atoms in total. The fraction of sp³-hybridized carbons (Fsp3) is 0.192. The third kappa shape index (κ3) is 4.04. The summed E-state index contributed by atoms with van der Waals surface area (Å²) in [5.41, 5.74) is 2.17. The van der Waals surface area contributed by atoms with Gasteiger partial charge in [0, 0.05) is 32.8 Å². The lowest BCUT2D eigenvalue weighted by Crippen LogP contribution is -2.13. The molecule has 0 fully saturated rings. The van der Waals surface area contributed by atoms with Gasteiger partial charge in [-0.3, -0.25) is 0 Å². The van der Waals surface area contributed by atoms with Crippen LogP contribution < -0.4 is 4.74 Å². The highest BCUT2D eigenvalue weighted by molar-refractivity contribution is 14.1. The summed E-state index contributed by atoms with van der Waals surface area (Å²) in [4.78, 5) is 4.03. The third-order valence-corrected chi connectivity index (χ3v) is 6.64. The number of ether oxygens (including phenoxy) is 1. The van der Waals surface area contributed by atoms with Gasteiger partial charge >= 0.3 is 0 Å². The Balaban J connectivity index is 1.72. The van der Waals surface area contributed by atoms with Crippen LogP contribution in [0.5, 0.6) is 5.75 Å². The molecule has 0 amide bonds. The summed E-state index contributed by atoms with van der Waals surface area (Å²) >= 11 is 15.7. The maximum atomic E-state index is 7.00. The summed E-state index contributed by atoms with van der Waals surface area (Å²) in [5, 5.41) is 7.40. The van der Waals surface area contributed by atoms with Crippen molar-refractivity contribution in [3.05, 3.63) is 80.6 Å². The maximum absolute atomic E-state index is 7.00. The van der Waals surface area contributed by atoms with E-state index in [1.807, 2.05) is 32.2 Å². The van der Waals surface area contributed by atoms with Crippen molar-refractivity contribution in [1.29, 1.82) is 0 Å². The van der Waals surface area contributed by atoms with Crippen LogP contribution in [0.15, 0.2) is 60.8 Å². The summed E-state index contributed by atoms with van der Waals surface area (Å²) in [6.45, 7) is 4.47. The number of halogens is 3. The topological polar surface area (TPSA) is 22.1 Å². The second-order valence-electron chi connectivity index (χ2n) is 8.53. The second-order valence-corrected chi connectivity index (χ2v) is 11.0. The van der Waals surface area contributed by atoms with Crippen LogP contribution in [0.3, 0.4) is 0 Å². The molecule has 156 valence electrons. The first kappa shape index (κ1) is 21.0. The van der Waals surface area contributed by atoms with Gasteiger partial charge in [-0.05, 0) is 76.7 Å². The predicted molar refractivity (Wildman–Crippen MR) is 140 cm³/mol. The van der Waals surface area contributed by atoms with Gasteiger partial charge in [-0.1, -0.05) is 54.1 Å². The van der Waals surface area contributed by atoms with E-state index in [1.165, 1.54) is 27.1 Å². The van der Waals surface area contributed by atoms with Crippen LogP contribution in [0.25, 0.3) is 32.3 Å². The number of rotatable bonds is 5. The van der Waals surface area contributed by atoms with Gasteiger partial charge in [0.2, 0.25) is 0 Å². The molecule has 0 N–H and O–H groups in total. The minimum Gasteiger partial charge on any atom is -0.487 e. The average Bonchev–Trinajstić information content (AvgIpc) is 2.72. The van der Waals surface area contributed by atoms with Crippen LogP contribution in [0.1, 0.15) is 25.0 Å². The van der Waals surface area contributed by atoms with Crippen molar-refractivity contribution in [2.24, 2.45) is 0 Å². The summed E-state index contributed by atoms with van der Waals surface area (Å²) in [6.07, 6.45) is 2.60. The van der Waals surface area contributed by atoms with Gasteiger partial charge in [-0.2, -0.15) is 0 Å². The van der Waals surface area contributed by atoms with Crippen LogP contribution in [0.2, 0.25) is 5.02 Å². The zero-order valence-corrected chi connectivity index (χ0v) is 20.8. The molecule has 31 heavy (non-hydrogen) atoms. The van der Waals surface area contributed by atoms with Crippen molar-refractivity contribution >= 4 is 78.1 Å². The fourth-order valence-corrected chi connectivity index (χ4v) is 5.06. The van der Waals surface area contributed by atoms with E-state index in [9.17, 15) is 0 Å². The van der Waals surface area contributed by atoms with Crippen molar-refractivity contribution in [3.63, 3.8) is 0 Å². The van der Waals surface area contributed by atoms with Gasteiger partial charge in [0.25, 0.3) is 0 Å². The molecule has 4 aromatic carbocycles. The molecule has 0 saturated heterocycles. The van der Waals surface area contributed by atoms with E-state index in [-0.39, 0.29) is 4.87 Å². The highest BCUT2D eigenvalue weighted by atomic mass is 127. The van der Waals surface area contributed by atoms with Crippen molar-refractivity contribution in [2.45, 2.75) is 31.7 Å². The molecule has 5 heteroatoms. The summed E-state index contributed by atoms with van der Waals surface area (Å²) < 4.78 is 7.27. The smallest absolute Gasteiger partial charge is 0.146 e. The third-order valence-electron chi connectivity index (χ3n) is 5.49. The maximum Gasteiger partial charge on any atom is 0.146 e. The standard InChI is InChI=1S/C26H20Cl2INO/c1-26(2,28)12-16-10-18-8-7-17-4-3-5-19-22(17)23(18)20(11-16)24(27)25(19)31-14-15-6-9-21(29)30-13-15/h3-11,13H,12,14H2,1-2H3. The van der Waals surface area contributed by atoms with E-state index in [1.54, 1.807) is 0 Å². The first-order valence-corrected chi connectivity index (χ1v) is 11.9. The molecular weight excluding hydrogens is 540 g/mol. The summed E-state index contributed by atoms with van der Waals surface area (Å²) in [5.74, 6) is 0.716. The second kappa shape index (κ2) is 7.95. The normalized spacial score (nSPS) is 12.3. The van der Waals surface area contributed by atoms with Gasteiger partial charge in [0.05, 0.1) is 5.02 Å². The molecule has 1 aromatic heterocycles. The van der Waals surface area contributed by atoms with E-state index >= 15 is 0 Å². The fourth-order valence-electron chi connectivity index (χ4n) is 4.28. The average molecular weight is 560 g/mol. The van der Waals surface area contributed by atoms with Crippen LogP contribution in [-0.4, -0.2) is 9.86 Å². The Hall–Kier alpha value is -1.82. The lowest BCUT2D eigenvalue weighted by atomic mass is 9.90. The Morgan fingerprint density at radius 3 is 2.45 bits per heavy atom. The number of hydrogen-bond donors (Lipinski definition) is 0. The number of alkyl halides is 1. The number of benzene rings is 4. The molecule has 0 aliphatic heterocycles. The Morgan fingerprint density at radius 1 is 0.935 bits per heavy atom. The van der Waals surface area contributed by atoms with Gasteiger partial charge in [0.1, 0.15) is 16.1 Å². The zero-order chi connectivity index (χ0) is 21.8. The number of hydrogen-bond acceptors (Lipinski definition) is 2. The molecule has 0 aliphatic carbocycles. The SMILES string of the molecule is CC(C)(Cl)Cc1cc2ccc3cccc4c(OCc5ccc(I)nc5)c(Cl)c(c1)c2c34. The molecule has 0 unspecified atom stereocenters. The predicted octanol–water partition coefficient (Wildman–Crippen LogP) is 8.38. The lowest BCUT2D eigenvalue weighted by molar-refractivity contribution is 0.310. The first-order valence-electron chi connectivity index (χ1n) is 10.1. The molecule has 0 aliphatic rings. The molecule has 0 atom stereocenters. The zero-order valence-electron chi connectivity index (χ0n) is 17.2. The van der Waals surface area contributed by atoms with Gasteiger partial charge in [0.15, 0.2) is 0 Å². The molecule has 5 aromatic rings. The van der Waals surface area contributed by atoms with Crippen molar-refractivity contribution in [2.75, 3.05) is 0 Å². The molecular formula is C26H20Cl2INO. The minimum absolute atomic E-state index is 0.329. The Kier molecular flexibility index (Phi) is 5.40. The van der Waals surface area contributed by atoms with Crippen LogP contribution in [0, 0.1) is 3.70 Å².